The van der Waals surface area contributed by atoms with Crippen LogP contribution in [-0.4, -0.2) is 23.8 Å². The highest BCUT2D eigenvalue weighted by molar-refractivity contribution is 4.95. The van der Waals surface area contributed by atoms with E-state index in [2.05, 4.69) is 12.2 Å². The van der Waals surface area contributed by atoms with E-state index in [4.69, 9.17) is 0 Å². The third-order valence-electron chi connectivity index (χ3n) is 3.67. The van der Waals surface area contributed by atoms with E-state index in [-0.39, 0.29) is 6.10 Å². The molecule has 2 rings (SSSR count). The van der Waals surface area contributed by atoms with Gasteiger partial charge >= 0.3 is 0 Å². The number of fused-ring (bicyclic) bond motifs is 1. The molecule has 1 aliphatic heterocycles. The Morgan fingerprint density at radius 1 is 1.33 bits per heavy atom. The monoisotopic (exact) mass is 169 g/mol. The maximum atomic E-state index is 9.84. The Morgan fingerprint density at radius 3 is 2.92 bits per heavy atom. The summed E-state index contributed by atoms with van der Waals surface area (Å²) in [6.45, 7) is 3.26. The highest BCUT2D eigenvalue weighted by atomic mass is 16.3. The molecule has 0 radical (unpaired) electrons. The van der Waals surface area contributed by atoms with Crippen LogP contribution in [0.3, 0.4) is 0 Å². The Balaban J connectivity index is 2.06. The zero-order valence-electron chi connectivity index (χ0n) is 7.79. The van der Waals surface area contributed by atoms with E-state index >= 15 is 0 Å². The van der Waals surface area contributed by atoms with Crippen LogP contribution in [0.2, 0.25) is 0 Å². The molecule has 0 amide bonds. The smallest absolute Gasteiger partial charge is 0.0598 e. The van der Waals surface area contributed by atoms with Crippen molar-refractivity contribution in [3.8, 4) is 0 Å². The number of piperidine rings is 1. The van der Waals surface area contributed by atoms with Crippen molar-refractivity contribution in [1.82, 2.24) is 5.32 Å². The summed E-state index contributed by atoms with van der Waals surface area (Å²) in [5.41, 5.74) is 0. The number of aliphatic hydroxyl groups excluding tert-OH is 1. The van der Waals surface area contributed by atoms with Crippen molar-refractivity contribution < 1.29 is 5.11 Å². The van der Waals surface area contributed by atoms with Gasteiger partial charge in [-0.25, -0.2) is 0 Å². The van der Waals surface area contributed by atoms with Crippen molar-refractivity contribution >= 4 is 0 Å². The van der Waals surface area contributed by atoms with E-state index < -0.39 is 0 Å². The summed E-state index contributed by atoms with van der Waals surface area (Å²) in [5.74, 6) is 1.33. The molecule has 1 saturated carbocycles. The van der Waals surface area contributed by atoms with Gasteiger partial charge in [0.2, 0.25) is 0 Å². The standard InChI is InChI=1S/C10H19NO/c1-2-7-3-4-8-10(7)9(12)5-6-11-8/h7-12H,2-6H2,1H3. The summed E-state index contributed by atoms with van der Waals surface area (Å²) in [6.07, 6.45) is 4.76. The van der Waals surface area contributed by atoms with Crippen molar-refractivity contribution in [3.63, 3.8) is 0 Å². The first-order chi connectivity index (χ1) is 5.83. The molecule has 1 aliphatic carbocycles. The molecule has 4 atom stereocenters. The van der Waals surface area contributed by atoms with E-state index in [1.807, 2.05) is 0 Å². The normalized spacial score (nSPS) is 47.5. The second kappa shape index (κ2) is 3.35. The van der Waals surface area contributed by atoms with Gasteiger partial charge in [0.05, 0.1) is 6.10 Å². The lowest BCUT2D eigenvalue weighted by Gasteiger charge is -2.34. The molecule has 70 valence electrons. The van der Waals surface area contributed by atoms with Crippen molar-refractivity contribution in [2.75, 3.05) is 6.54 Å². The van der Waals surface area contributed by atoms with Crippen LogP contribution >= 0.6 is 0 Å². The lowest BCUT2D eigenvalue weighted by Crippen LogP contribution is -2.47. The molecule has 0 aromatic rings. The Labute approximate surface area is 74.4 Å². The third-order valence-corrected chi connectivity index (χ3v) is 3.67. The average Bonchev–Trinajstić information content (AvgIpc) is 2.49. The molecule has 0 aromatic heterocycles. The van der Waals surface area contributed by atoms with Gasteiger partial charge in [0.1, 0.15) is 0 Å². The average molecular weight is 169 g/mol. The van der Waals surface area contributed by atoms with E-state index in [0.29, 0.717) is 12.0 Å². The van der Waals surface area contributed by atoms with Gasteiger partial charge in [-0.15, -0.1) is 0 Å². The molecule has 4 unspecified atom stereocenters. The van der Waals surface area contributed by atoms with Crippen LogP contribution in [0.15, 0.2) is 0 Å². The van der Waals surface area contributed by atoms with Gasteiger partial charge in [-0.1, -0.05) is 13.3 Å². The van der Waals surface area contributed by atoms with Gasteiger partial charge in [-0.05, 0) is 31.7 Å². The van der Waals surface area contributed by atoms with Crippen molar-refractivity contribution in [3.05, 3.63) is 0 Å². The van der Waals surface area contributed by atoms with Gasteiger partial charge in [0, 0.05) is 12.0 Å². The highest BCUT2D eigenvalue weighted by Crippen LogP contribution is 2.39. The van der Waals surface area contributed by atoms with Gasteiger partial charge in [0.25, 0.3) is 0 Å². The molecular weight excluding hydrogens is 150 g/mol. The fraction of sp³-hybridized carbons (Fsp3) is 1.00. The second-order valence-corrected chi connectivity index (χ2v) is 4.24. The molecule has 2 aliphatic rings. The molecule has 0 bridgehead atoms. The van der Waals surface area contributed by atoms with Crippen LogP contribution in [0.25, 0.3) is 0 Å². The van der Waals surface area contributed by atoms with Crippen molar-refractivity contribution in [2.45, 2.75) is 44.8 Å². The molecule has 2 fully saturated rings. The first-order valence-corrected chi connectivity index (χ1v) is 5.24. The molecule has 12 heavy (non-hydrogen) atoms. The van der Waals surface area contributed by atoms with Crippen LogP contribution in [0.5, 0.6) is 0 Å². The largest absolute Gasteiger partial charge is 0.393 e. The number of aliphatic hydroxyl groups is 1. The van der Waals surface area contributed by atoms with E-state index in [9.17, 15) is 5.11 Å². The van der Waals surface area contributed by atoms with Crippen LogP contribution in [0, 0.1) is 11.8 Å². The van der Waals surface area contributed by atoms with Gasteiger partial charge < -0.3 is 10.4 Å². The summed E-state index contributed by atoms with van der Waals surface area (Å²) in [6, 6.07) is 0.624. The summed E-state index contributed by atoms with van der Waals surface area (Å²) in [7, 11) is 0. The van der Waals surface area contributed by atoms with Gasteiger partial charge in [-0.3, -0.25) is 0 Å². The summed E-state index contributed by atoms with van der Waals surface area (Å²) < 4.78 is 0. The molecule has 1 heterocycles. The summed E-state index contributed by atoms with van der Waals surface area (Å²) in [5, 5.41) is 13.4. The number of nitrogens with one attached hydrogen (secondary N) is 1. The fourth-order valence-corrected chi connectivity index (χ4v) is 3.01. The minimum absolute atomic E-state index is 0.0244. The quantitative estimate of drug-likeness (QED) is 0.617. The maximum Gasteiger partial charge on any atom is 0.0598 e. The Kier molecular flexibility index (Phi) is 2.37. The predicted octanol–water partition coefficient (Wildman–Crippen LogP) is 1.15. The van der Waals surface area contributed by atoms with Gasteiger partial charge in [0.15, 0.2) is 0 Å². The lowest BCUT2D eigenvalue weighted by atomic mass is 9.83. The minimum Gasteiger partial charge on any atom is -0.393 e. The van der Waals surface area contributed by atoms with E-state index in [1.54, 1.807) is 0 Å². The first-order valence-electron chi connectivity index (χ1n) is 5.24. The first kappa shape index (κ1) is 8.52. The maximum absolute atomic E-state index is 9.84. The van der Waals surface area contributed by atoms with Crippen LogP contribution in [0.1, 0.15) is 32.6 Å². The zero-order valence-corrected chi connectivity index (χ0v) is 7.79. The van der Waals surface area contributed by atoms with Crippen LogP contribution in [-0.2, 0) is 0 Å². The lowest BCUT2D eigenvalue weighted by molar-refractivity contribution is 0.0413. The number of rotatable bonds is 1. The number of hydrogen-bond donors (Lipinski definition) is 2. The van der Waals surface area contributed by atoms with Crippen molar-refractivity contribution in [1.29, 1.82) is 0 Å². The fourth-order valence-electron chi connectivity index (χ4n) is 3.01. The molecule has 1 saturated heterocycles. The Morgan fingerprint density at radius 2 is 2.17 bits per heavy atom. The van der Waals surface area contributed by atoms with Gasteiger partial charge in [-0.2, -0.15) is 0 Å². The van der Waals surface area contributed by atoms with E-state index in [1.165, 1.54) is 19.3 Å². The highest BCUT2D eigenvalue weighted by Gasteiger charge is 2.41. The SMILES string of the molecule is CCC1CCC2NCCC(O)C12. The molecule has 2 N–H and O–H groups in total. The van der Waals surface area contributed by atoms with Crippen molar-refractivity contribution in [2.24, 2.45) is 11.8 Å². The zero-order chi connectivity index (χ0) is 8.55. The van der Waals surface area contributed by atoms with Crippen LogP contribution in [0.4, 0.5) is 0 Å². The molecule has 0 spiro atoms. The predicted molar refractivity (Wildman–Crippen MR) is 48.9 cm³/mol. The van der Waals surface area contributed by atoms with E-state index in [0.717, 1.165) is 18.9 Å². The number of hydrogen-bond acceptors (Lipinski definition) is 2. The Bertz CT molecular complexity index is 154. The molecule has 0 aromatic carbocycles. The molecule has 2 nitrogen and oxygen atoms in total. The second-order valence-electron chi connectivity index (χ2n) is 4.24. The molecular formula is C10H19NO. The topological polar surface area (TPSA) is 32.3 Å². The summed E-state index contributed by atoms with van der Waals surface area (Å²) >= 11 is 0. The third kappa shape index (κ3) is 1.27. The van der Waals surface area contributed by atoms with Crippen LogP contribution < -0.4 is 5.32 Å². The summed E-state index contributed by atoms with van der Waals surface area (Å²) in [4.78, 5) is 0. The Hall–Kier alpha value is -0.0800. The minimum atomic E-state index is -0.0244. The molecule has 2 heteroatoms.